The largest absolute Gasteiger partial charge is 0.383 e. The van der Waals surface area contributed by atoms with Gasteiger partial charge in [0.05, 0.1) is 0 Å². The van der Waals surface area contributed by atoms with Gasteiger partial charge in [0, 0.05) is 11.1 Å². The Balaban J connectivity index is 2.16. The molecule has 1 heterocycles. The molecule has 21 heavy (non-hydrogen) atoms. The van der Waals surface area contributed by atoms with E-state index in [0.29, 0.717) is 5.84 Å². The maximum Gasteiger partial charge on any atom is 0.155 e. The van der Waals surface area contributed by atoms with Crippen molar-refractivity contribution in [3.8, 4) is 11.1 Å². The quantitative estimate of drug-likeness (QED) is 0.698. The Bertz CT molecular complexity index is 908. The average molecular weight is 271 g/mol. The summed E-state index contributed by atoms with van der Waals surface area (Å²) in [6.07, 6.45) is 0. The van der Waals surface area contributed by atoms with E-state index in [-0.39, 0.29) is 5.84 Å². The van der Waals surface area contributed by atoms with E-state index in [0.717, 1.165) is 33.0 Å². The van der Waals surface area contributed by atoms with Gasteiger partial charge in [-0.3, -0.25) is 5.41 Å². The van der Waals surface area contributed by atoms with Gasteiger partial charge >= 0.3 is 0 Å². The Morgan fingerprint density at radius 1 is 0.857 bits per heavy atom. The predicted octanol–water partition coefficient (Wildman–Crippen LogP) is 3.55. The normalized spacial score (nSPS) is 13.3. The van der Waals surface area contributed by atoms with E-state index in [9.17, 15) is 0 Å². The molecule has 0 fully saturated rings. The molecule has 4 rings (SSSR count). The minimum Gasteiger partial charge on any atom is -0.383 e. The zero-order valence-electron chi connectivity index (χ0n) is 11.3. The third kappa shape index (κ3) is 1.68. The van der Waals surface area contributed by atoms with Crippen LogP contribution in [0.25, 0.3) is 21.9 Å². The fraction of sp³-hybridized carbons (Fsp3) is 0. The minimum absolute atomic E-state index is 0.247. The van der Waals surface area contributed by atoms with Crippen LogP contribution in [0.4, 0.5) is 0 Å². The van der Waals surface area contributed by atoms with Crippen LogP contribution in [0.3, 0.4) is 0 Å². The van der Waals surface area contributed by atoms with Crippen molar-refractivity contribution < 1.29 is 0 Å². The first-order chi connectivity index (χ1) is 10.3. The molecule has 100 valence electrons. The smallest absolute Gasteiger partial charge is 0.155 e. The number of fused-ring (bicyclic) bond motifs is 3. The SMILES string of the molecule is N=C1N=C(N)c2c(-c3ccccc3)cc3ccccc3c21. The van der Waals surface area contributed by atoms with Crippen LogP contribution < -0.4 is 5.73 Å². The summed E-state index contributed by atoms with van der Waals surface area (Å²) in [7, 11) is 0. The van der Waals surface area contributed by atoms with Gasteiger partial charge in [-0.15, -0.1) is 0 Å². The van der Waals surface area contributed by atoms with Crippen LogP contribution in [0.2, 0.25) is 0 Å². The third-order valence-corrected chi connectivity index (χ3v) is 3.86. The molecule has 3 aromatic carbocycles. The van der Waals surface area contributed by atoms with E-state index < -0.39 is 0 Å². The van der Waals surface area contributed by atoms with E-state index in [4.69, 9.17) is 11.1 Å². The van der Waals surface area contributed by atoms with Crippen molar-refractivity contribution in [3.05, 3.63) is 71.8 Å². The Morgan fingerprint density at radius 2 is 1.57 bits per heavy atom. The maximum atomic E-state index is 8.13. The highest BCUT2D eigenvalue weighted by Gasteiger charge is 2.25. The van der Waals surface area contributed by atoms with Gasteiger partial charge in [0.1, 0.15) is 5.84 Å². The fourth-order valence-corrected chi connectivity index (χ4v) is 2.94. The fourth-order valence-electron chi connectivity index (χ4n) is 2.94. The summed E-state index contributed by atoms with van der Waals surface area (Å²) in [5.41, 5.74) is 9.92. The lowest BCUT2D eigenvalue weighted by molar-refractivity contribution is 1.45. The van der Waals surface area contributed by atoms with E-state index in [1.807, 2.05) is 36.4 Å². The van der Waals surface area contributed by atoms with Crippen LogP contribution in [0.5, 0.6) is 0 Å². The van der Waals surface area contributed by atoms with Gasteiger partial charge in [0.25, 0.3) is 0 Å². The van der Waals surface area contributed by atoms with Crippen molar-refractivity contribution in [2.45, 2.75) is 0 Å². The molecule has 1 aliphatic heterocycles. The number of aliphatic imine (C=N–C) groups is 1. The van der Waals surface area contributed by atoms with Crippen molar-refractivity contribution >= 4 is 22.4 Å². The van der Waals surface area contributed by atoms with Crippen molar-refractivity contribution in [2.24, 2.45) is 10.7 Å². The summed E-state index contributed by atoms with van der Waals surface area (Å²) in [6.45, 7) is 0. The molecule has 0 unspecified atom stereocenters. The second kappa shape index (κ2) is 4.28. The molecule has 0 bridgehead atoms. The molecular formula is C18H13N3. The molecule has 0 spiro atoms. The molecule has 3 heteroatoms. The molecule has 0 atom stereocenters. The third-order valence-electron chi connectivity index (χ3n) is 3.86. The number of hydrogen-bond acceptors (Lipinski definition) is 2. The van der Waals surface area contributed by atoms with E-state index in [1.165, 1.54) is 0 Å². The minimum atomic E-state index is 0.247. The Morgan fingerprint density at radius 3 is 2.38 bits per heavy atom. The lowest BCUT2D eigenvalue weighted by atomic mass is 9.91. The van der Waals surface area contributed by atoms with Crippen LogP contribution in [0, 0.1) is 5.41 Å². The number of amidine groups is 2. The zero-order chi connectivity index (χ0) is 14.4. The molecular weight excluding hydrogens is 258 g/mol. The van der Waals surface area contributed by atoms with E-state index in [2.05, 4.69) is 29.3 Å². The Kier molecular flexibility index (Phi) is 2.42. The number of nitrogens with one attached hydrogen (secondary N) is 1. The zero-order valence-corrected chi connectivity index (χ0v) is 11.3. The summed E-state index contributed by atoms with van der Waals surface area (Å²) >= 11 is 0. The van der Waals surface area contributed by atoms with Gasteiger partial charge in [-0.1, -0.05) is 54.6 Å². The summed E-state index contributed by atoms with van der Waals surface area (Å²) in [5.74, 6) is 0.677. The van der Waals surface area contributed by atoms with Gasteiger partial charge < -0.3 is 5.73 Å². The lowest BCUT2D eigenvalue weighted by Gasteiger charge is -2.12. The molecule has 0 amide bonds. The van der Waals surface area contributed by atoms with Gasteiger partial charge in [0.15, 0.2) is 5.84 Å². The first-order valence-electron chi connectivity index (χ1n) is 6.80. The predicted molar refractivity (Wildman–Crippen MR) is 86.9 cm³/mol. The summed E-state index contributed by atoms with van der Waals surface area (Å²) in [5, 5.41) is 10.3. The van der Waals surface area contributed by atoms with Crippen molar-refractivity contribution in [2.75, 3.05) is 0 Å². The van der Waals surface area contributed by atoms with Crippen molar-refractivity contribution in [1.29, 1.82) is 5.41 Å². The summed E-state index contributed by atoms with van der Waals surface area (Å²) in [4.78, 5) is 4.17. The first-order valence-corrected chi connectivity index (χ1v) is 6.80. The molecule has 3 nitrogen and oxygen atoms in total. The number of hydrogen-bond donors (Lipinski definition) is 2. The molecule has 0 saturated carbocycles. The summed E-state index contributed by atoms with van der Waals surface area (Å²) < 4.78 is 0. The molecule has 0 aliphatic carbocycles. The standard InChI is InChI=1S/C18H13N3/c19-17-15-13-9-5-4-8-12(13)10-14(16(15)18(20)21-17)11-6-2-1-3-7-11/h1-10H,(H3,19,20,21). The topological polar surface area (TPSA) is 62.2 Å². The van der Waals surface area contributed by atoms with Crippen LogP contribution in [0.15, 0.2) is 65.7 Å². The number of rotatable bonds is 1. The second-order valence-corrected chi connectivity index (χ2v) is 5.11. The first kappa shape index (κ1) is 11.9. The van der Waals surface area contributed by atoms with Gasteiger partial charge in [-0.25, -0.2) is 4.99 Å². The number of benzene rings is 3. The maximum absolute atomic E-state index is 8.13. The van der Waals surface area contributed by atoms with Crippen molar-refractivity contribution in [1.82, 2.24) is 0 Å². The molecule has 1 aliphatic rings. The molecule has 0 aromatic heterocycles. The highest BCUT2D eigenvalue weighted by molar-refractivity contribution is 6.28. The van der Waals surface area contributed by atoms with Gasteiger partial charge in [0.2, 0.25) is 0 Å². The number of nitrogens with zero attached hydrogens (tertiary/aromatic N) is 1. The Labute approximate surface area is 122 Å². The Hall–Kier alpha value is -2.94. The van der Waals surface area contributed by atoms with Gasteiger partial charge in [-0.05, 0) is 28.0 Å². The molecule has 3 aromatic rings. The average Bonchev–Trinajstić information content (AvgIpc) is 2.83. The van der Waals surface area contributed by atoms with Crippen LogP contribution >= 0.6 is 0 Å². The van der Waals surface area contributed by atoms with Crippen LogP contribution in [-0.2, 0) is 0 Å². The lowest BCUT2D eigenvalue weighted by Crippen LogP contribution is -2.12. The molecule has 3 N–H and O–H groups in total. The second-order valence-electron chi connectivity index (χ2n) is 5.11. The summed E-state index contributed by atoms with van der Waals surface area (Å²) in [6, 6.07) is 20.3. The van der Waals surface area contributed by atoms with Crippen LogP contribution in [0.1, 0.15) is 11.1 Å². The number of nitrogens with two attached hydrogens (primary N) is 1. The van der Waals surface area contributed by atoms with Crippen molar-refractivity contribution in [3.63, 3.8) is 0 Å². The molecule has 0 saturated heterocycles. The highest BCUT2D eigenvalue weighted by Crippen LogP contribution is 2.35. The van der Waals surface area contributed by atoms with E-state index >= 15 is 0 Å². The van der Waals surface area contributed by atoms with Gasteiger partial charge in [-0.2, -0.15) is 0 Å². The van der Waals surface area contributed by atoms with E-state index in [1.54, 1.807) is 0 Å². The molecule has 0 radical (unpaired) electrons. The van der Waals surface area contributed by atoms with Crippen LogP contribution in [-0.4, -0.2) is 11.7 Å². The monoisotopic (exact) mass is 271 g/mol. The highest BCUT2D eigenvalue weighted by atomic mass is 14.9.